The van der Waals surface area contributed by atoms with Gasteiger partial charge in [0.1, 0.15) is 4.90 Å². The van der Waals surface area contributed by atoms with Crippen LogP contribution in [-0.4, -0.2) is 24.7 Å². The average Bonchev–Trinajstić information content (AvgIpc) is 3.03. The van der Waals surface area contributed by atoms with E-state index in [0.717, 1.165) is 11.3 Å². The van der Waals surface area contributed by atoms with Crippen molar-refractivity contribution in [2.24, 2.45) is 5.73 Å². The van der Waals surface area contributed by atoms with Gasteiger partial charge >= 0.3 is 0 Å². The number of rotatable bonds is 7. The van der Waals surface area contributed by atoms with Gasteiger partial charge < -0.3 is 5.73 Å². The van der Waals surface area contributed by atoms with Gasteiger partial charge in [0, 0.05) is 24.2 Å². The highest BCUT2D eigenvalue weighted by molar-refractivity contribution is 7.89. The first kappa shape index (κ1) is 15.5. The van der Waals surface area contributed by atoms with Crippen LogP contribution in [0, 0.1) is 0 Å². The van der Waals surface area contributed by atoms with Gasteiger partial charge in [0.05, 0.1) is 10.5 Å². The summed E-state index contributed by atoms with van der Waals surface area (Å²) in [6, 6.07) is 3.53. The molecule has 20 heavy (non-hydrogen) atoms. The molecule has 0 bridgehead atoms. The molecule has 0 atom stereocenters. The fourth-order valence-electron chi connectivity index (χ4n) is 1.56. The number of nitrogens with two attached hydrogens (primary N) is 1. The summed E-state index contributed by atoms with van der Waals surface area (Å²) >= 11 is 7.14. The number of nitrogens with one attached hydrogen (secondary N) is 1. The molecule has 0 saturated heterocycles. The lowest BCUT2D eigenvalue weighted by atomic mass is 10.4. The van der Waals surface area contributed by atoms with E-state index in [9.17, 15) is 8.42 Å². The molecule has 2 heterocycles. The molecule has 0 unspecified atom stereocenters. The second-order valence-corrected chi connectivity index (χ2v) is 7.68. The standard InChI is InChI=1S/C11H15ClN4O2S2/c12-11-3-2-9(19-11)6-15-20(17,18)10-7-14-16(8-10)5-1-4-13/h2-3,7-8,15H,1,4-6,13H2. The predicted molar refractivity (Wildman–Crippen MR) is 79.3 cm³/mol. The third-order valence-electron chi connectivity index (χ3n) is 2.58. The van der Waals surface area contributed by atoms with Crippen LogP contribution in [0.25, 0.3) is 0 Å². The average molecular weight is 335 g/mol. The van der Waals surface area contributed by atoms with Crippen molar-refractivity contribution in [2.45, 2.75) is 24.4 Å². The van der Waals surface area contributed by atoms with Crippen molar-refractivity contribution in [3.05, 3.63) is 33.7 Å². The van der Waals surface area contributed by atoms with Crippen molar-refractivity contribution >= 4 is 33.0 Å². The zero-order chi connectivity index (χ0) is 14.6. The molecule has 0 saturated carbocycles. The Labute approximate surface area is 126 Å². The Morgan fingerprint density at radius 2 is 2.25 bits per heavy atom. The second-order valence-electron chi connectivity index (χ2n) is 4.11. The summed E-state index contributed by atoms with van der Waals surface area (Å²) in [5.74, 6) is 0. The third kappa shape index (κ3) is 4.03. The molecule has 0 aliphatic rings. The summed E-state index contributed by atoms with van der Waals surface area (Å²) in [6.45, 7) is 1.36. The molecule has 0 radical (unpaired) electrons. The van der Waals surface area contributed by atoms with Crippen molar-refractivity contribution in [3.8, 4) is 0 Å². The molecule has 110 valence electrons. The normalized spacial score (nSPS) is 11.9. The van der Waals surface area contributed by atoms with Crippen LogP contribution >= 0.6 is 22.9 Å². The van der Waals surface area contributed by atoms with Crippen molar-refractivity contribution in [3.63, 3.8) is 0 Å². The highest BCUT2D eigenvalue weighted by Gasteiger charge is 2.16. The summed E-state index contributed by atoms with van der Waals surface area (Å²) in [5, 5.41) is 4.00. The van der Waals surface area contributed by atoms with Crippen molar-refractivity contribution < 1.29 is 8.42 Å². The molecule has 0 amide bonds. The molecule has 0 fully saturated rings. The van der Waals surface area contributed by atoms with Crippen LogP contribution in [0.3, 0.4) is 0 Å². The first-order valence-corrected chi connectivity index (χ1v) is 8.65. The van der Waals surface area contributed by atoms with Crippen LogP contribution in [0.2, 0.25) is 4.34 Å². The Hall–Kier alpha value is -0.930. The lowest BCUT2D eigenvalue weighted by Crippen LogP contribution is -2.22. The smallest absolute Gasteiger partial charge is 0.244 e. The molecule has 0 spiro atoms. The number of nitrogens with zero attached hydrogens (tertiary/aromatic N) is 2. The number of aromatic nitrogens is 2. The minimum absolute atomic E-state index is 0.150. The number of aryl methyl sites for hydroxylation is 1. The minimum Gasteiger partial charge on any atom is -0.330 e. The third-order valence-corrected chi connectivity index (χ3v) is 5.16. The molecular formula is C11H15ClN4O2S2. The molecule has 3 N–H and O–H groups in total. The zero-order valence-electron chi connectivity index (χ0n) is 10.6. The largest absolute Gasteiger partial charge is 0.330 e. The zero-order valence-corrected chi connectivity index (χ0v) is 13.0. The Bertz CT molecular complexity index is 666. The molecule has 0 aliphatic heterocycles. The minimum atomic E-state index is -3.55. The molecule has 9 heteroatoms. The fraction of sp³-hybridized carbons (Fsp3) is 0.364. The lowest BCUT2D eigenvalue weighted by molar-refractivity contribution is 0.576. The summed E-state index contributed by atoms with van der Waals surface area (Å²) in [7, 11) is -3.55. The van der Waals surface area contributed by atoms with E-state index < -0.39 is 10.0 Å². The van der Waals surface area contributed by atoms with Gasteiger partial charge in [0.2, 0.25) is 10.0 Å². The maximum absolute atomic E-state index is 12.1. The van der Waals surface area contributed by atoms with Gasteiger partial charge in [-0.15, -0.1) is 11.3 Å². The molecule has 2 rings (SSSR count). The van der Waals surface area contributed by atoms with Gasteiger partial charge in [-0.1, -0.05) is 11.6 Å². The van der Waals surface area contributed by atoms with E-state index in [0.29, 0.717) is 17.4 Å². The Morgan fingerprint density at radius 3 is 2.90 bits per heavy atom. The SMILES string of the molecule is NCCCn1cc(S(=O)(=O)NCc2ccc(Cl)s2)cn1. The Morgan fingerprint density at radius 1 is 1.45 bits per heavy atom. The highest BCUT2D eigenvalue weighted by Crippen LogP contribution is 2.21. The van der Waals surface area contributed by atoms with Crippen LogP contribution in [0.4, 0.5) is 0 Å². The van der Waals surface area contributed by atoms with E-state index in [1.54, 1.807) is 16.8 Å². The van der Waals surface area contributed by atoms with Gasteiger partial charge in [-0.2, -0.15) is 5.10 Å². The van der Waals surface area contributed by atoms with Gasteiger partial charge in [-0.3, -0.25) is 4.68 Å². The van der Waals surface area contributed by atoms with E-state index >= 15 is 0 Å². The first-order chi connectivity index (χ1) is 9.51. The maximum atomic E-state index is 12.1. The molecule has 2 aromatic heterocycles. The lowest BCUT2D eigenvalue weighted by Gasteiger charge is -2.02. The van der Waals surface area contributed by atoms with Crippen molar-refractivity contribution in [1.29, 1.82) is 0 Å². The number of hydrogen-bond donors (Lipinski definition) is 2. The molecule has 2 aromatic rings. The van der Waals surface area contributed by atoms with E-state index in [2.05, 4.69) is 9.82 Å². The van der Waals surface area contributed by atoms with Gasteiger partial charge in [-0.25, -0.2) is 13.1 Å². The van der Waals surface area contributed by atoms with Crippen LogP contribution in [-0.2, 0) is 23.1 Å². The number of hydrogen-bond acceptors (Lipinski definition) is 5. The van der Waals surface area contributed by atoms with Crippen LogP contribution < -0.4 is 10.5 Å². The van der Waals surface area contributed by atoms with Crippen molar-refractivity contribution in [2.75, 3.05) is 6.54 Å². The Kier molecular flexibility index (Phi) is 5.17. The molecule has 0 aliphatic carbocycles. The second kappa shape index (κ2) is 6.68. The van der Waals surface area contributed by atoms with Crippen LogP contribution in [0.1, 0.15) is 11.3 Å². The van der Waals surface area contributed by atoms with E-state index in [4.69, 9.17) is 17.3 Å². The van der Waals surface area contributed by atoms with Crippen LogP contribution in [0.5, 0.6) is 0 Å². The van der Waals surface area contributed by atoms with Gasteiger partial charge in [-0.05, 0) is 25.1 Å². The fourth-order valence-corrected chi connectivity index (χ4v) is 3.63. The maximum Gasteiger partial charge on any atom is 0.244 e. The van der Waals surface area contributed by atoms with Gasteiger partial charge in [0.15, 0.2) is 0 Å². The first-order valence-electron chi connectivity index (χ1n) is 5.97. The highest BCUT2D eigenvalue weighted by atomic mass is 35.5. The number of halogens is 1. The van der Waals surface area contributed by atoms with Crippen molar-refractivity contribution in [1.82, 2.24) is 14.5 Å². The van der Waals surface area contributed by atoms with E-state index in [1.165, 1.54) is 23.7 Å². The quantitative estimate of drug-likeness (QED) is 0.801. The monoisotopic (exact) mass is 334 g/mol. The predicted octanol–water partition coefficient (Wildman–Crippen LogP) is 1.43. The Balaban J connectivity index is 2.00. The summed E-state index contributed by atoms with van der Waals surface area (Å²) in [4.78, 5) is 1.01. The molecule has 0 aromatic carbocycles. The van der Waals surface area contributed by atoms with E-state index in [-0.39, 0.29) is 11.4 Å². The van der Waals surface area contributed by atoms with Crippen LogP contribution in [0.15, 0.2) is 29.4 Å². The van der Waals surface area contributed by atoms with E-state index in [1.807, 2.05) is 0 Å². The summed E-state index contributed by atoms with van der Waals surface area (Å²) in [5.41, 5.74) is 5.40. The molecule has 6 nitrogen and oxygen atoms in total. The number of sulfonamides is 1. The summed E-state index contributed by atoms with van der Waals surface area (Å²) in [6.07, 6.45) is 3.59. The summed E-state index contributed by atoms with van der Waals surface area (Å²) < 4.78 is 28.9. The number of thiophene rings is 1. The molecular weight excluding hydrogens is 320 g/mol. The van der Waals surface area contributed by atoms with Gasteiger partial charge in [0.25, 0.3) is 0 Å². The topological polar surface area (TPSA) is 90.0 Å².